The quantitative estimate of drug-likeness (QED) is 0.493. The minimum atomic E-state index is 0.232. The van der Waals surface area contributed by atoms with Gasteiger partial charge in [-0.1, -0.05) is 20.8 Å². The van der Waals surface area contributed by atoms with Gasteiger partial charge in [0.2, 0.25) is 0 Å². The lowest BCUT2D eigenvalue weighted by Crippen LogP contribution is -2.10. The Hall–Kier alpha value is -2.75. The molecule has 3 atom stereocenters. The lowest BCUT2D eigenvalue weighted by Gasteiger charge is -2.21. The van der Waals surface area contributed by atoms with Gasteiger partial charge >= 0.3 is 0 Å². The van der Waals surface area contributed by atoms with Crippen LogP contribution in [0.2, 0.25) is 0 Å². The van der Waals surface area contributed by atoms with Gasteiger partial charge in [0.1, 0.15) is 5.75 Å². The number of nitrogens with zero attached hydrogens (tertiary/aromatic N) is 3. The molecule has 0 saturated carbocycles. The molecule has 0 aromatic carbocycles. The summed E-state index contributed by atoms with van der Waals surface area (Å²) in [6.45, 7) is 11.8. The van der Waals surface area contributed by atoms with Crippen molar-refractivity contribution in [1.29, 1.82) is 0 Å². The molecule has 3 aromatic rings. The topological polar surface area (TPSA) is 47.9 Å². The van der Waals surface area contributed by atoms with Crippen molar-refractivity contribution in [2.24, 2.45) is 0 Å². The SMILES string of the molecule is Cc1ccnc(C(C)c2ccnc([C@H](C)Cc3ccnc4c3OCCCC4C)c2C)c1. The molecule has 0 N–H and O–H groups in total. The number of rotatable bonds is 5. The minimum Gasteiger partial charge on any atom is -0.491 e. The third-order valence-corrected chi connectivity index (χ3v) is 6.63. The van der Waals surface area contributed by atoms with Crippen LogP contribution in [0, 0.1) is 13.8 Å². The van der Waals surface area contributed by atoms with E-state index in [0.29, 0.717) is 5.92 Å². The Bertz CT molecular complexity index is 1060. The Labute approximate surface area is 186 Å². The lowest BCUT2D eigenvalue weighted by atomic mass is 9.87. The van der Waals surface area contributed by atoms with Crippen molar-refractivity contribution in [3.05, 3.63) is 82.2 Å². The fraction of sp³-hybridized carbons (Fsp3) is 0.444. The summed E-state index contributed by atoms with van der Waals surface area (Å²) in [6, 6.07) is 8.48. The molecule has 4 rings (SSSR count). The molecule has 0 bridgehead atoms. The van der Waals surface area contributed by atoms with Crippen LogP contribution in [-0.4, -0.2) is 21.6 Å². The normalized spacial score (nSPS) is 17.9. The first-order valence-corrected chi connectivity index (χ1v) is 11.4. The summed E-state index contributed by atoms with van der Waals surface area (Å²) in [5.74, 6) is 1.96. The number of aromatic nitrogens is 3. The summed E-state index contributed by atoms with van der Waals surface area (Å²) >= 11 is 0. The number of pyridine rings is 3. The monoisotopic (exact) mass is 415 g/mol. The fourth-order valence-corrected chi connectivity index (χ4v) is 4.80. The standard InChI is InChI=1S/C27H33N3O/c1-17-8-11-28-24(15-17)20(4)23-10-13-29-25(21(23)5)19(3)16-22-9-12-30-26-18(2)7-6-14-31-27(22)26/h8-13,15,18-20H,6-7,14,16H2,1-5H3/t18?,19-,20?/m1/s1. The van der Waals surface area contributed by atoms with Crippen molar-refractivity contribution in [3.8, 4) is 5.75 Å². The molecular weight excluding hydrogens is 382 g/mol. The van der Waals surface area contributed by atoms with Gasteiger partial charge in [0.05, 0.1) is 12.3 Å². The van der Waals surface area contributed by atoms with E-state index in [1.54, 1.807) is 0 Å². The highest BCUT2D eigenvalue weighted by Gasteiger charge is 2.23. The smallest absolute Gasteiger partial charge is 0.144 e. The summed E-state index contributed by atoms with van der Waals surface area (Å²) < 4.78 is 6.16. The summed E-state index contributed by atoms with van der Waals surface area (Å²) in [6.07, 6.45) is 8.90. The van der Waals surface area contributed by atoms with Crippen LogP contribution in [0.15, 0.2) is 42.9 Å². The van der Waals surface area contributed by atoms with E-state index in [2.05, 4.69) is 62.8 Å². The van der Waals surface area contributed by atoms with Gasteiger partial charge in [-0.3, -0.25) is 15.0 Å². The average Bonchev–Trinajstić information content (AvgIpc) is 2.95. The molecule has 2 unspecified atom stereocenters. The fourth-order valence-electron chi connectivity index (χ4n) is 4.80. The molecule has 0 spiro atoms. The van der Waals surface area contributed by atoms with Gasteiger partial charge in [-0.2, -0.15) is 0 Å². The van der Waals surface area contributed by atoms with Gasteiger partial charge in [-0.15, -0.1) is 0 Å². The molecule has 0 radical (unpaired) electrons. The predicted molar refractivity (Wildman–Crippen MR) is 125 cm³/mol. The Morgan fingerprint density at radius 3 is 2.61 bits per heavy atom. The van der Waals surface area contributed by atoms with E-state index in [1.807, 2.05) is 24.7 Å². The second kappa shape index (κ2) is 9.17. The molecule has 0 aliphatic carbocycles. The van der Waals surface area contributed by atoms with Crippen molar-refractivity contribution in [2.45, 2.75) is 71.6 Å². The van der Waals surface area contributed by atoms with Gasteiger partial charge in [-0.25, -0.2) is 0 Å². The zero-order chi connectivity index (χ0) is 22.0. The third-order valence-electron chi connectivity index (χ3n) is 6.63. The number of hydrogen-bond donors (Lipinski definition) is 0. The highest BCUT2D eigenvalue weighted by molar-refractivity contribution is 5.42. The summed E-state index contributed by atoms with van der Waals surface area (Å²) in [4.78, 5) is 14.1. The van der Waals surface area contributed by atoms with Crippen molar-refractivity contribution in [3.63, 3.8) is 0 Å². The third kappa shape index (κ3) is 4.48. The Morgan fingerprint density at radius 2 is 1.81 bits per heavy atom. The number of ether oxygens (including phenoxy) is 1. The maximum absolute atomic E-state index is 6.16. The van der Waals surface area contributed by atoms with E-state index in [0.717, 1.165) is 48.7 Å². The molecular formula is C27H33N3O. The van der Waals surface area contributed by atoms with E-state index in [-0.39, 0.29) is 11.8 Å². The summed E-state index contributed by atoms with van der Waals surface area (Å²) in [5, 5.41) is 0. The molecule has 4 heteroatoms. The van der Waals surface area contributed by atoms with Crippen LogP contribution >= 0.6 is 0 Å². The predicted octanol–water partition coefficient (Wildman–Crippen LogP) is 6.26. The molecule has 0 saturated heterocycles. The molecule has 3 aromatic heterocycles. The maximum atomic E-state index is 6.16. The van der Waals surface area contributed by atoms with Crippen molar-refractivity contribution in [2.75, 3.05) is 6.61 Å². The van der Waals surface area contributed by atoms with Crippen LogP contribution < -0.4 is 4.74 Å². The second-order valence-corrected chi connectivity index (χ2v) is 9.07. The van der Waals surface area contributed by atoms with Gasteiger partial charge in [0.25, 0.3) is 0 Å². The molecule has 1 aliphatic rings. The lowest BCUT2D eigenvalue weighted by molar-refractivity contribution is 0.312. The molecule has 1 aliphatic heterocycles. The second-order valence-electron chi connectivity index (χ2n) is 9.07. The Balaban J connectivity index is 1.63. The van der Waals surface area contributed by atoms with Crippen molar-refractivity contribution >= 4 is 0 Å². The van der Waals surface area contributed by atoms with E-state index in [1.165, 1.54) is 22.3 Å². The first-order valence-electron chi connectivity index (χ1n) is 11.4. The molecule has 31 heavy (non-hydrogen) atoms. The largest absolute Gasteiger partial charge is 0.491 e. The average molecular weight is 416 g/mol. The first-order chi connectivity index (χ1) is 15.0. The molecule has 0 fully saturated rings. The summed E-state index contributed by atoms with van der Waals surface area (Å²) in [7, 11) is 0. The number of fused-ring (bicyclic) bond motifs is 1. The van der Waals surface area contributed by atoms with Crippen LogP contribution in [0.1, 0.15) is 90.7 Å². The van der Waals surface area contributed by atoms with Crippen LogP contribution in [0.3, 0.4) is 0 Å². The van der Waals surface area contributed by atoms with Crippen molar-refractivity contribution in [1.82, 2.24) is 15.0 Å². The van der Waals surface area contributed by atoms with Crippen molar-refractivity contribution < 1.29 is 4.74 Å². The zero-order valence-corrected chi connectivity index (χ0v) is 19.4. The molecule has 0 amide bonds. The number of aryl methyl sites for hydroxylation is 1. The van der Waals surface area contributed by atoms with Crippen LogP contribution in [0.4, 0.5) is 0 Å². The number of hydrogen-bond acceptors (Lipinski definition) is 4. The Kier molecular flexibility index (Phi) is 6.35. The first kappa shape index (κ1) is 21.5. The molecule has 4 nitrogen and oxygen atoms in total. The summed E-state index contributed by atoms with van der Waals surface area (Å²) in [5.41, 5.74) is 8.42. The highest BCUT2D eigenvalue weighted by atomic mass is 16.5. The minimum absolute atomic E-state index is 0.232. The maximum Gasteiger partial charge on any atom is 0.144 e. The highest BCUT2D eigenvalue weighted by Crippen LogP contribution is 2.37. The molecule has 4 heterocycles. The van der Waals surface area contributed by atoms with Gasteiger partial charge in [-0.05, 0) is 79.6 Å². The van der Waals surface area contributed by atoms with Gasteiger partial charge < -0.3 is 4.74 Å². The van der Waals surface area contributed by atoms with E-state index in [9.17, 15) is 0 Å². The van der Waals surface area contributed by atoms with Crippen LogP contribution in [-0.2, 0) is 6.42 Å². The van der Waals surface area contributed by atoms with E-state index in [4.69, 9.17) is 9.72 Å². The van der Waals surface area contributed by atoms with Gasteiger partial charge in [0.15, 0.2) is 0 Å². The van der Waals surface area contributed by atoms with Crippen LogP contribution in [0.5, 0.6) is 5.75 Å². The van der Waals surface area contributed by atoms with Crippen LogP contribution in [0.25, 0.3) is 0 Å². The van der Waals surface area contributed by atoms with E-state index < -0.39 is 0 Å². The molecule has 162 valence electrons. The van der Waals surface area contributed by atoms with Gasteiger partial charge in [0, 0.05) is 47.7 Å². The Morgan fingerprint density at radius 1 is 1.03 bits per heavy atom. The zero-order valence-electron chi connectivity index (χ0n) is 19.4. The van der Waals surface area contributed by atoms with E-state index >= 15 is 0 Å².